The van der Waals surface area contributed by atoms with E-state index in [9.17, 15) is 14.4 Å². The van der Waals surface area contributed by atoms with Gasteiger partial charge in [0, 0.05) is 29.1 Å². The van der Waals surface area contributed by atoms with Gasteiger partial charge in [-0.15, -0.1) is 0 Å². The van der Waals surface area contributed by atoms with Crippen molar-refractivity contribution >= 4 is 22.6 Å². The van der Waals surface area contributed by atoms with E-state index in [1.54, 1.807) is 37.4 Å². The number of carbonyl (C=O) groups excluding carboxylic acids is 2. The topological polar surface area (TPSA) is 94.2 Å². The summed E-state index contributed by atoms with van der Waals surface area (Å²) in [6, 6.07) is 6.19. The van der Waals surface area contributed by atoms with E-state index in [-0.39, 0.29) is 16.9 Å². The number of carbonyl (C=O) groups is 2. The lowest BCUT2D eigenvalue weighted by molar-refractivity contribution is -0.120. The van der Waals surface area contributed by atoms with Gasteiger partial charge < -0.3 is 15.6 Å². The molecule has 3 saturated carbocycles. The van der Waals surface area contributed by atoms with Crippen LogP contribution >= 0.6 is 0 Å². The van der Waals surface area contributed by atoms with Gasteiger partial charge in [-0.3, -0.25) is 14.4 Å². The summed E-state index contributed by atoms with van der Waals surface area (Å²) in [6.45, 7) is 2.32. The maximum Gasteiger partial charge on any atom is 0.259 e. The molecule has 6 heteroatoms. The predicted molar refractivity (Wildman–Crippen MR) is 120 cm³/mol. The first-order valence-corrected chi connectivity index (χ1v) is 11.6. The second-order valence-electron chi connectivity index (χ2n) is 10.2. The number of pyridine rings is 1. The molecule has 164 valence electrons. The van der Waals surface area contributed by atoms with E-state index in [1.165, 1.54) is 49.5 Å². The van der Waals surface area contributed by atoms with Crippen molar-refractivity contribution in [3.63, 3.8) is 0 Å². The normalized spacial score (nSPS) is 30.2. The van der Waals surface area contributed by atoms with Crippen molar-refractivity contribution in [1.29, 1.82) is 0 Å². The van der Waals surface area contributed by atoms with Crippen LogP contribution in [0.5, 0.6) is 0 Å². The Morgan fingerprint density at radius 2 is 2.00 bits per heavy atom. The number of rotatable bonds is 5. The molecule has 31 heavy (non-hydrogen) atoms. The van der Waals surface area contributed by atoms with E-state index >= 15 is 0 Å². The van der Waals surface area contributed by atoms with Crippen molar-refractivity contribution in [2.24, 2.45) is 28.9 Å². The van der Waals surface area contributed by atoms with Crippen molar-refractivity contribution in [1.82, 2.24) is 9.88 Å². The van der Waals surface area contributed by atoms with Gasteiger partial charge in [0.25, 0.3) is 11.5 Å². The van der Waals surface area contributed by atoms with Crippen molar-refractivity contribution < 1.29 is 9.59 Å². The molecule has 0 aliphatic heterocycles. The van der Waals surface area contributed by atoms with Crippen LogP contribution in [0.1, 0.15) is 68.3 Å². The standard InChI is InChI=1S/C25H31N3O3/c1-15(22(26)29)28-9-7-19-20(5-2-6-21(19)24(28)31)23(30)27-14-25-8-3-4-17-10-16(12-25)11-18(17)13-25/h2,5-7,9,15-18H,3-4,8,10-14H2,1H3,(H2,26,29)(H,27,30)/t15-,16?,17?,18?,25?/m0/s1. The van der Waals surface area contributed by atoms with Crippen LogP contribution in [0.4, 0.5) is 0 Å². The highest BCUT2D eigenvalue weighted by Crippen LogP contribution is 2.58. The second kappa shape index (κ2) is 7.50. The minimum absolute atomic E-state index is 0.126. The first kappa shape index (κ1) is 20.3. The van der Waals surface area contributed by atoms with E-state index in [4.69, 9.17) is 5.73 Å². The molecule has 5 rings (SSSR count). The van der Waals surface area contributed by atoms with Crippen molar-refractivity contribution in [3.05, 3.63) is 46.4 Å². The average molecular weight is 422 g/mol. The van der Waals surface area contributed by atoms with Crippen LogP contribution in [0, 0.1) is 23.2 Å². The number of benzene rings is 1. The molecule has 1 aromatic carbocycles. The largest absolute Gasteiger partial charge is 0.368 e. The second-order valence-corrected chi connectivity index (χ2v) is 10.2. The molecule has 5 atom stereocenters. The van der Waals surface area contributed by atoms with Gasteiger partial charge in [0.15, 0.2) is 0 Å². The number of nitrogens with two attached hydrogens (primary N) is 1. The third-order valence-corrected chi connectivity index (χ3v) is 8.31. The van der Waals surface area contributed by atoms with Crippen LogP contribution in [0.25, 0.3) is 10.8 Å². The minimum atomic E-state index is -0.741. The number of nitrogens with one attached hydrogen (secondary N) is 1. The zero-order valence-electron chi connectivity index (χ0n) is 18.1. The Labute approximate surface area is 182 Å². The van der Waals surface area contributed by atoms with Gasteiger partial charge in [0.05, 0.1) is 0 Å². The van der Waals surface area contributed by atoms with Crippen LogP contribution in [0.3, 0.4) is 0 Å². The molecule has 6 nitrogen and oxygen atoms in total. The highest BCUT2D eigenvalue weighted by molar-refractivity contribution is 6.06. The van der Waals surface area contributed by atoms with Crippen molar-refractivity contribution in [2.45, 2.75) is 57.9 Å². The molecule has 0 radical (unpaired) electrons. The number of amides is 2. The Kier molecular flexibility index (Phi) is 4.91. The number of fused-ring (bicyclic) bond motifs is 3. The molecule has 2 aromatic rings. The number of hydrogen-bond donors (Lipinski definition) is 2. The Bertz CT molecular complexity index is 1110. The highest BCUT2D eigenvalue weighted by atomic mass is 16.2. The third-order valence-electron chi connectivity index (χ3n) is 8.31. The number of nitrogens with zero attached hydrogens (tertiary/aromatic N) is 1. The average Bonchev–Trinajstić information content (AvgIpc) is 2.97. The SMILES string of the molecule is C[C@@H](C(N)=O)n1ccc2c(C(=O)NCC34CCCC5CC(CC5C3)C4)cccc2c1=O. The molecule has 2 amide bonds. The third kappa shape index (κ3) is 3.46. The lowest BCUT2D eigenvalue weighted by atomic mass is 9.67. The minimum Gasteiger partial charge on any atom is -0.368 e. The Morgan fingerprint density at radius 3 is 2.81 bits per heavy atom. The Balaban J connectivity index is 1.39. The fourth-order valence-electron chi connectivity index (χ4n) is 6.83. The molecule has 3 aliphatic rings. The summed E-state index contributed by atoms with van der Waals surface area (Å²) in [6.07, 6.45) is 10.7. The lowest BCUT2D eigenvalue weighted by Gasteiger charge is -2.40. The van der Waals surface area contributed by atoms with Gasteiger partial charge in [-0.05, 0) is 80.4 Å². The molecule has 0 saturated heterocycles. The molecule has 3 N–H and O–H groups in total. The molecular weight excluding hydrogens is 390 g/mol. The predicted octanol–water partition coefficient (Wildman–Crippen LogP) is 3.38. The summed E-state index contributed by atoms with van der Waals surface area (Å²) < 4.78 is 1.32. The van der Waals surface area contributed by atoms with E-state index < -0.39 is 11.9 Å². The quantitative estimate of drug-likeness (QED) is 0.775. The van der Waals surface area contributed by atoms with Gasteiger partial charge in [-0.2, -0.15) is 0 Å². The Morgan fingerprint density at radius 1 is 1.19 bits per heavy atom. The van der Waals surface area contributed by atoms with Gasteiger partial charge in [-0.25, -0.2) is 0 Å². The maximum absolute atomic E-state index is 13.2. The summed E-state index contributed by atoms with van der Waals surface area (Å²) in [4.78, 5) is 37.6. The summed E-state index contributed by atoms with van der Waals surface area (Å²) >= 11 is 0. The summed E-state index contributed by atoms with van der Waals surface area (Å²) in [7, 11) is 0. The van der Waals surface area contributed by atoms with E-state index in [2.05, 4.69) is 5.32 Å². The fraction of sp³-hybridized carbons (Fsp3) is 0.560. The summed E-state index contributed by atoms with van der Waals surface area (Å²) in [5.74, 6) is 1.90. The zero-order valence-corrected chi connectivity index (χ0v) is 18.1. The van der Waals surface area contributed by atoms with Crippen LogP contribution in [0.2, 0.25) is 0 Å². The smallest absolute Gasteiger partial charge is 0.259 e. The monoisotopic (exact) mass is 421 g/mol. The Hall–Kier alpha value is -2.63. The maximum atomic E-state index is 13.2. The van der Waals surface area contributed by atoms with Crippen LogP contribution in [-0.4, -0.2) is 22.9 Å². The molecular formula is C25H31N3O3. The van der Waals surface area contributed by atoms with Crippen molar-refractivity contribution in [3.8, 4) is 0 Å². The van der Waals surface area contributed by atoms with E-state index in [0.717, 1.165) is 24.3 Å². The molecule has 1 heterocycles. The van der Waals surface area contributed by atoms with Crippen LogP contribution in [0.15, 0.2) is 35.3 Å². The van der Waals surface area contributed by atoms with Gasteiger partial charge in [-0.1, -0.05) is 18.9 Å². The first-order chi connectivity index (χ1) is 14.9. The zero-order chi connectivity index (χ0) is 21.8. The lowest BCUT2D eigenvalue weighted by Crippen LogP contribution is -2.41. The first-order valence-electron chi connectivity index (χ1n) is 11.6. The molecule has 3 fully saturated rings. The fourth-order valence-corrected chi connectivity index (χ4v) is 6.83. The van der Waals surface area contributed by atoms with E-state index in [1.807, 2.05) is 0 Å². The number of aromatic nitrogens is 1. The molecule has 1 aromatic heterocycles. The number of primary amides is 1. The van der Waals surface area contributed by atoms with Gasteiger partial charge in [0.2, 0.25) is 5.91 Å². The van der Waals surface area contributed by atoms with Crippen LogP contribution in [-0.2, 0) is 4.79 Å². The van der Waals surface area contributed by atoms with Crippen molar-refractivity contribution in [2.75, 3.05) is 6.54 Å². The van der Waals surface area contributed by atoms with Crippen LogP contribution < -0.4 is 16.6 Å². The molecule has 3 aliphatic carbocycles. The molecule has 3 bridgehead atoms. The number of hydrogen-bond acceptors (Lipinski definition) is 3. The van der Waals surface area contributed by atoms with E-state index in [0.29, 0.717) is 16.3 Å². The molecule has 0 spiro atoms. The summed E-state index contributed by atoms with van der Waals surface area (Å²) in [5, 5.41) is 4.26. The summed E-state index contributed by atoms with van der Waals surface area (Å²) in [5.41, 5.74) is 5.81. The van der Waals surface area contributed by atoms with Gasteiger partial charge in [0.1, 0.15) is 6.04 Å². The van der Waals surface area contributed by atoms with Gasteiger partial charge >= 0.3 is 0 Å². The highest BCUT2D eigenvalue weighted by Gasteiger charge is 2.49. The molecule has 4 unspecified atom stereocenters.